The molecule has 1 saturated heterocycles. The summed E-state index contributed by atoms with van der Waals surface area (Å²) in [6, 6.07) is 5.97. The van der Waals surface area contributed by atoms with Crippen LogP contribution in [0.1, 0.15) is 23.7 Å². The Hall–Kier alpha value is -2.89. The first-order valence-corrected chi connectivity index (χ1v) is 9.39. The van der Waals surface area contributed by atoms with Crippen LogP contribution in [0.15, 0.2) is 35.3 Å². The van der Waals surface area contributed by atoms with Gasteiger partial charge in [-0.1, -0.05) is 25.1 Å². The van der Waals surface area contributed by atoms with E-state index in [-0.39, 0.29) is 23.5 Å². The van der Waals surface area contributed by atoms with Gasteiger partial charge in [-0.15, -0.1) is 0 Å². The second-order valence-corrected chi connectivity index (χ2v) is 7.43. The van der Waals surface area contributed by atoms with Gasteiger partial charge in [0.1, 0.15) is 18.1 Å². The highest BCUT2D eigenvalue weighted by Crippen LogP contribution is 2.45. The average molecular weight is 405 g/mol. The van der Waals surface area contributed by atoms with Gasteiger partial charge in [0.05, 0.1) is 12.2 Å². The highest BCUT2D eigenvalue weighted by Gasteiger charge is 2.78. The van der Waals surface area contributed by atoms with Crippen LogP contribution < -0.4 is 22.1 Å². The molecule has 0 unspecified atom stereocenters. The van der Waals surface area contributed by atoms with Crippen LogP contribution in [0.25, 0.3) is 0 Å². The predicted molar refractivity (Wildman–Crippen MR) is 102 cm³/mol. The lowest BCUT2D eigenvalue weighted by atomic mass is 9.85. The van der Waals surface area contributed by atoms with Crippen LogP contribution >= 0.6 is 0 Å². The molecule has 156 valence electrons. The molecule has 1 fully saturated rings. The van der Waals surface area contributed by atoms with Crippen molar-refractivity contribution in [1.29, 1.82) is 0 Å². The van der Waals surface area contributed by atoms with E-state index < -0.39 is 42.2 Å². The first-order chi connectivity index (χ1) is 13.8. The summed E-state index contributed by atoms with van der Waals surface area (Å²) in [5, 5.41) is 38.6. The van der Waals surface area contributed by atoms with E-state index >= 15 is 0 Å². The number of carbonyl (C=O) groups is 1. The van der Waals surface area contributed by atoms with Gasteiger partial charge >= 0.3 is 11.9 Å². The average Bonchev–Trinajstić information content (AvgIpc) is 3.15. The van der Waals surface area contributed by atoms with Gasteiger partial charge in [-0.2, -0.15) is 0 Å². The van der Waals surface area contributed by atoms with Crippen LogP contribution in [0.2, 0.25) is 0 Å². The molecule has 9 N–H and O–H groups in total. The van der Waals surface area contributed by atoms with Crippen molar-refractivity contribution in [2.45, 2.75) is 49.0 Å². The Balaban J connectivity index is 1.80. The molecule has 29 heavy (non-hydrogen) atoms. The molecule has 1 spiro atoms. The fraction of sp³-hybridized carbons (Fsp3) is 0.500. The number of guanidine groups is 2. The third-order valence-corrected chi connectivity index (χ3v) is 5.89. The Labute approximate surface area is 166 Å². The Morgan fingerprint density at radius 2 is 2.00 bits per heavy atom. The maximum Gasteiger partial charge on any atom is 0.346 e. The number of ether oxygens (including phenoxy) is 1. The lowest BCUT2D eigenvalue weighted by molar-refractivity contribution is -0.650. The Bertz CT molecular complexity index is 888. The van der Waals surface area contributed by atoms with E-state index in [2.05, 4.69) is 15.6 Å². The van der Waals surface area contributed by atoms with Gasteiger partial charge in [0.25, 0.3) is 5.79 Å². The molecule has 0 aromatic heterocycles. The lowest BCUT2D eigenvalue weighted by Crippen LogP contribution is -2.78. The summed E-state index contributed by atoms with van der Waals surface area (Å²) in [5.41, 5.74) is 10.6. The number of aliphatic hydroxyl groups is 3. The van der Waals surface area contributed by atoms with E-state index in [1.54, 1.807) is 30.3 Å². The van der Waals surface area contributed by atoms with E-state index in [0.29, 0.717) is 6.42 Å². The van der Waals surface area contributed by atoms with Crippen LogP contribution in [-0.4, -0.2) is 80.1 Å². The molecule has 11 nitrogen and oxygen atoms in total. The van der Waals surface area contributed by atoms with Crippen molar-refractivity contribution in [2.75, 3.05) is 6.61 Å². The standard InChI is InChI=1S/C18H24N6O5/c1-2-10-12-17(23-15(19)22-12)18(27,28)13(11(8-25)24(17)16(20)21-10)29-14(26)9-6-4-3-5-7-9/h3-7,10-13,25,27-28H,2,8H2,1H3,(H5,19,20,21,22,23)/p+1/t10-,11-,12-,13-,17-/m0/s1. The van der Waals surface area contributed by atoms with Crippen molar-refractivity contribution in [3.05, 3.63) is 35.9 Å². The number of nitrogens with one attached hydrogen (secondary N) is 2. The van der Waals surface area contributed by atoms with E-state index in [0.717, 1.165) is 0 Å². The number of rotatable bonds is 4. The largest absolute Gasteiger partial charge is 0.449 e. The second-order valence-electron chi connectivity index (χ2n) is 7.43. The molecule has 3 aliphatic heterocycles. The number of nitrogens with two attached hydrogens (primary N) is 2. The summed E-state index contributed by atoms with van der Waals surface area (Å²) < 4.78 is 6.87. The third kappa shape index (κ3) is 2.51. The predicted octanol–water partition coefficient (Wildman–Crippen LogP) is -3.04. The smallest absolute Gasteiger partial charge is 0.346 e. The summed E-state index contributed by atoms with van der Waals surface area (Å²) in [7, 11) is 0. The van der Waals surface area contributed by atoms with Gasteiger partial charge in [0, 0.05) is 0 Å². The zero-order valence-electron chi connectivity index (χ0n) is 15.8. The molecule has 0 saturated carbocycles. The number of carbonyl (C=O) groups excluding carboxylic acids is 1. The van der Waals surface area contributed by atoms with Gasteiger partial charge in [0.2, 0.25) is 5.66 Å². The minimum Gasteiger partial charge on any atom is -0.449 e. The molecule has 0 radical (unpaired) electrons. The number of esters is 1. The second kappa shape index (κ2) is 6.58. The van der Waals surface area contributed by atoms with Crippen LogP contribution in [0, 0.1) is 0 Å². The summed E-state index contributed by atoms with van der Waals surface area (Å²) in [4.78, 5) is 17.0. The third-order valence-electron chi connectivity index (χ3n) is 5.89. The van der Waals surface area contributed by atoms with Gasteiger partial charge in [-0.3, -0.25) is 11.1 Å². The molecule has 1 aromatic carbocycles. The fourth-order valence-corrected chi connectivity index (χ4v) is 4.63. The summed E-state index contributed by atoms with van der Waals surface area (Å²) >= 11 is 0. The van der Waals surface area contributed by atoms with Crippen molar-refractivity contribution in [3.63, 3.8) is 0 Å². The number of aliphatic hydroxyl groups excluding tert-OH is 1. The van der Waals surface area contributed by atoms with E-state index in [4.69, 9.17) is 16.2 Å². The molecule has 1 aromatic rings. The zero-order chi connectivity index (χ0) is 21.0. The first-order valence-electron chi connectivity index (χ1n) is 9.39. The summed E-state index contributed by atoms with van der Waals surface area (Å²) in [5.74, 6) is -3.34. The quantitative estimate of drug-likeness (QED) is 0.156. The molecular weight excluding hydrogens is 380 g/mol. The Morgan fingerprint density at radius 3 is 2.62 bits per heavy atom. The van der Waals surface area contributed by atoms with Crippen LogP contribution in [-0.2, 0) is 4.74 Å². The van der Waals surface area contributed by atoms with Gasteiger partial charge in [-0.25, -0.2) is 14.4 Å². The van der Waals surface area contributed by atoms with Crippen molar-refractivity contribution in [1.82, 2.24) is 10.6 Å². The number of benzene rings is 1. The Morgan fingerprint density at radius 1 is 1.31 bits per heavy atom. The highest BCUT2D eigenvalue weighted by atomic mass is 16.6. The molecule has 3 heterocycles. The van der Waals surface area contributed by atoms with Crippen molar-refractivity contribution in [2.24, 2.45) is 16.5 Å². The molecule has 0 amide bonds. The van der Waals surface area contributed by atoms with E-state index in [1.165, 1.54) is 4.58 Å². The number of aliphatic imine (C=N–C) groups is 1. The van der Waals surface area contributed by atoms with Crippen LogP contribution in [0.3, 0.4) is 0 Å². The van der Waals surface area contributed by atoms with Crippen molar-refractivity contribution in [3.8, 4) is 0 Å². The fourth-order valence-electron chi connectivity index (χ4n) is 4.63. The van der Waals surface area contributed by atoms with E-state index in [9.17, 15) is 20.1 Å². The molecule has 0 aliphatic carbocycles. The van der Waals surface area contributed by atoms with Gasteiger partial charge in [0.15, 0.2) is 12.1 Å². The molecule has 5 atom stereocenters. The lowest BCUT2D eigenvalue weighted by Gasteiger charge is -2.43. The minimum absolute atomic E-state index is 0.00542. The molecule has 3 aliphatic rings. The van der Waals surface area contributed by atoms with Crippen LogP contribution in [0.4, 0.5) is 0 Å². The van der Waals surface area contributed by atoms with Crippen molar-refractivity contribution < 1.29 is 29.4 Å². The number of nitrogens with zero attached hydrogens (tertiary/aromatic N) is 2. The normalized spacial score (nSPS) is 34.6. The Kier molecular flexibility index (Phi) is 4.41. The minimum atomic E-state index is -2.67. The first kappa shape index (κ1) is 19.4. The molecule has 4 rings (SSSR count). The molecule has 11 heteroatoms. The summed E-state index contributed by atoms with van der Waals surface area (Å²) in [6.07, 6.45) is -0.972. The maximum absolute atomic E-state index is 12.6. The SMILES string of the molecule is CC[C@@H]1NC(N)=[N+]2[C@@H](CO)[C@H](OC(=O)c3ccccc3)C(O)(O)[C@@]23NC(N)=N[C@@H]13. The topological polar surface area (TPSA) is 178 Å². The van der Waals surface area contributed by atoms with Crippen molar-refractivity contribution >= 4 is 17.9 Å². The number of hydrogen-bond donors (Lipinski definition) is 7. The monoisotopic (exact) mass is 405 g/mol. The highest BCUT2D eigenvalue weighted by molar-refractivity contribution is 5.89. The summed E-state index contributed by atoms with van der Waals surface area (Å²) in [6.45, 7) is 1.32. The molecular formula is C18H25N6O5+. The van der Waals surface area contributed by atoms with E-state index in [1.807, 2.05) is 6.92 Å². The van der Waals surface area contributed by atoms with Crippen LogP contribution in [0.5, 0.6) is 0 Å². The van der Waals surface area contributed by atoms with Gasteiger partial charge in [-0.05, 0) is 18.6 Å². The molecule has 0 bridgehead atoms. The maximum atomic E-state index is 12.6. The zero-order valence-corrected chi connectivity index (χ0v) is 15.8. The van der Waals surface area contributed by atoms with Gasteiger partial charge < -0.3 is 31.1 Å². The number of hydrogen-bond acceptors (Lipinski definition) is 10.